The van der Waals surface area contributed by atoms with Gasteiger partial charge < -0.3 is 5.11 Å². The Bertz CT molecular complexity index is 1870. The van der Waals surface area contributed by atoms with Gasteiger partial charge in [-0.2, -0.15) is 0 Å². The summed E-state index contributed by atoms with van der Waals surface area (Å²) in [6.45, 7) is 23.6. The summed E-state index contributed by atoms with van der Waals surface area (Å²) in [5.41, 5.74) is 5.20. The Morgan fingerprint density at radius 3 is 2.17 bits per heavy atom. The van der Waals surface area contributed by atoms with E-state index in [4.69, 9.17) is 9.97 Å². The fourth-order valence-corrected chi connectivity index (χ4v) is 8.08. The van der Waals surface area contributed by atoms with Gasteiger partial charge in [0.25, 0.3) is 0 Å². The molecule has 2 aromatic carbocycles. The largest absolute Gasteiger partial charge is 0.512 e. The molecule has 0 unspecified atom stereocenters. The molecule has 3 aromatic heterocycles. The molecule has 8 heteroatoms. The van der Waals surface area contributed by atoms with Gasteiger partial charge >= 0.3 is 0 Å². The molecule has 3 heterocycles. The van der Waals surface area contributed by atoms with Gasteiger partial charge in [-0.25, -0.2) is 4.98 Å². The topological polar surface area (TPSA) is 67.5 Å². The average Bonchev–Trinajstić information content (AvgIpc) is 3.63. The number of ketones is 1. The number of nitrogens with zero attached hydrogens (tertiary/aromatic N) is 3. The van der Waals surface area contributed by atoms with Crippen molar-refractivity contribution < 1.29 is 30.0 Å². The number of imidazole rings is 1. The van der Waals surface area contributed by atoms with Gasteiger partial charge in [0.05, 0.1) is 21.9 Å². The summed E-state index contributed by atoms with van der Waals surface area (Å²) in [6, 6.07) is 16.6. The van der Waals surface area contributed by atoms with E-state index in [1.165, 1.54) is 37.5 Å². The first-order valence-corrected chi connectivity index (χ1v) is 21.1. The summed E-state index contributed by atoms with van der Waals surface area (Å²) in [6.07, 6.45) is 8.77. The predicted molar refractivity (Wildman–Crippen MR) is 200 cm³/mol. The standard InChI is InChI=1S/C24H24N3SSi.C15H28O2.Ir/c1-15(2)19-11-17(10-16-8-6-7-9-18(16)19)20-12-21-22(13-25-20)28-23-14-26-24(27(21)23)29(3,4)5;1-7-14(5,8-2)12(16)11-13(17)15(6,9-3)10-4;/h6-9,11-15H,1-5H3;11,16H,7-10H2,1-6H3;/q-1;;/b;12-11-;. The smallest absolute Gasteiger partial charge is 0.164 e. The van der Waals surface area contributed by atoms with Gasteiger partial charge in [0.15, 0.2) is 5.78 Å². The molecule has 0 amide bonds. The minimum absolute atomic E-state index is 0. The SMILES string of the molecule is CC(C)c1cc(-c2cc3c(cn2)sc2cnc([Si](C)(C)C)n23)[c-]c2ccccc12.CCC(C)(CC)C(=O)/C=C(\O)C(C)(CC)CC.[Ir]. The molecule has 1 radical (unpaired) electrons. The molecule has 5 nitrogen and oxygen atoms in total. The summed E-state index contributed by atoms with van der Waals surface area (Å²) < 4.78 is 3.55. The summed E-state index contributed by atoms with van der Waals surface area (Å²) in [5.74, 6) is 0.728. The van der Waals surface area contributed by atoms with E-state index < -0.39 is 8.07 Å². The number of aliphatic hydroxyl groups excluding tert-OH is 1. The van der Waals surface area contributed by atoms with E-state index in [9.17, 15) is 9.90 Å². The molecule has 0 spiro atoms. The Morgan fingerprint density at radius 1 is 0.979 bits per heavy atom. The molecule has 47 heavy (non-hydrogen) atoms. The van der Waals surface area contributed by atoms with Crippen LogP contribution in [0.15, 0.2) is 60.6 Å². The average molecular weight is 847 g/mol. The summed E-state index contributed by atoms with van der Waals surface area (Å²) in [4.78, 5) is 22.9. The molecule has 0 aliphatic rings. The van der Waals surface area contributed by atoms with E-state index in [0.29, 0.717) is 5.92 Å². The number of pyridine rings is 1. The minimum Gasteiger partial charge on any atom is -0.512 e. The van der Waals surface area contributed by atoms with Crippen molar-refractivity contribution >= 4 is 56.5 Å². The van der Waals surface area contributed by atoms with Crippen molar-refractivity contribution in [2.24, 2.45) is 10.8 Å². The molecule has 1 N–H and O–H groups in total. The number of allylic oxidation sites excluding steroid dienone is 2. The number of benzene rings is 2. The van der Waals surface area contributed by atoms with Crippen molar-refractivity contribution in [1.29, 1.82) is 0 Å². The van der Waals surface area contributed by atoms with E-state index in [1.807, 2.05) is 53.9 Å². The van der Waals surface area contributed by atoms with Gasteiger partial charge in [0.2, 0.25) is 0 Å². The van der Waals surface area contributed by atoms with Crippen LogP contribution in [0.5, 0.6) is 0 Å². The first-order chi connectivity index (χ1) is 21.6. The minimum atomic E-state index is -1.55. The first-order valence-electron chi connectivity index (χ1n) is 16.8. The van der Waals surface area contributed by atoms with E-state index >= 15 is 0 Å². The normalized spacial score (nSPS) is 12.8. The van der Waals surface area contributed by atoms with Gasteiger partial charge in [-0.1, -0.05) is 104 Å². The van der Waals surface area contributed by atoms with Gasteiger partial charge in [-0.15, -0.1) is 40.5 Å². The number of rotatable bonds is 10. The number of carbonyl (C=O) groups is 1. The van der Waals surface area contributed by atoms with Gasteiger partial charge in [-0.3, -0.25) is 14.2 Å². The van der Waals surface area contributed by atoms with Crippen LogP contribution in [0.1, 0.15) is 92.6 Å². The first kappa shape index (κ1) is 38.8. The van der Waals surface area contributed by atoms with Crippen LogP contribution < -0.4 is 5.45 Å². The van der Waals surface area contributed by atoms with Crippen LogP contribution in [0.2, 0.25) is 19.6 Å². The van der Waals surface area contributed by atoms with Crippen LogP contribution in [0, 0.1) is 16.9 Å². The van der Waals surface area contributed by atoms with E-state index in [1.54, 1.807) is 11.3 Å². The van der Waals surface area contributed by atoms with Crippen LogP contribution >= 0.6 is 11.3 Å². The molecule has 5 aromatic rings. The van der Waals surface area contributed by atoms with Crippen LogP contribution in [0.3, 0.4) is 0 Å². The third kappa shape index (κ3) is 7.99. The number of aromatic nitrogens is 3. The summed E-state index contributed by atoms with van der Waals surface area (Å²) in [5, 5.41) is 12.6. The molecule has 0 saturated heterocycles. The zero-order valence-corrected chi connectivity index (χ0v) is 34.3. The Kier molecular flexibility index (Phi) is 12.6. The molecular weight excluding hydrogens is 795 g/mol. The predicted octanol–water partition coefficient (Wildman–Crippen LogP) is 10.9. The fourth-order valence-electron chi connectivity index (χ4n) is 5.67. The third-order valence-corrected chi connectivity index (χ3v) is 12.7. The van der Waals surface area contributed by atoms with Crippen molar-refractivity contribution in [2.45, 2.75) is 107 Å². The van der Waals surface area contributed by atoms with Gasteiger partial charge in [0.1, 0.15) is 18.7 Å². The van der Waals surface area contributed by atoms with Crippen LogP contribution in [0.4, 0.5) is 0 Å². The molecule has 0 aliphatic carbocycles. The Morgan fingerprint density at radius 2 is 1.60 bits per heavy atom. The Balaban J connectivity index is 0.000000290. The van der Waals surface area contributed by atoms with Crippen molar-refractivity contribution in [3.63, 3.8) is 0 Å². The number of hydrogen-bond acceptors (Lipinski definition) is 5. The van der Waals surface area contributed by atoms with Crippen molar-refractivity contribution in [1.82, 2.24) is 14.4 Å². The maximum absolute atomic E-state index is 12.2. The Hall–Kier alpha value is -2.64. The molecule has 255 valence electrons. The van der Waals surface area contributed by atoms with Gasteiger partial charge in [-0.05, 0) is 37.7 Å². The maximum atomic E-state index is 12.2. The van der Waals surface area contributed by atoms with E-state index in [0.717, 1.165) is 42.3 Å². The summed E-state index contributed by atoms with van der Waals surface area (Å²) in [7, 11) is -1.55. The maximum Gasteiger partial charge on any atom is 0.164 e. The van der Waals surface area contributed by atoms with E-state index in [2.05, 4.69) is 80.4 Å². The second-order valence-corrected chi connectivity index (χ2v) is 20.4. The van der Waals surface area contributed by atoms with E-state index in [-0.39, 0.29) is 42.5 Å². The fraction of sp³-hybridized carbons (Fsp3) is 0.462. The number of thiazole rings is 1. The van der Waals surface area contributed by atoms with Crippen molar-refractivity contribution in [3.05, 3.63) is 72.3 Å². The molecule has 0 saturated carbocycles. The number of aliphatic hydroxyl groups is 1. The number of fused-ring (bicyclic) bond motifs is 4. The zero-order chi connectivity index (χ0) is 34.0. The summed E-state index contributed by atoms with van der Waals surface area (Å²) >= 11 is 1.76. The quantitative estimate of drug-likeness (QED) is 0.0658. The van der Waals surface area contributed by atoms with Crippen LogP contribution in [0.25, 0.3) is 37.1 Å². The van der Waals surface area contributed by atoms with Crippen LogP contribution in [-0.2, 0) is 24.9 Å². The molecule has 0 bridgehead atoms. The second-order valence-electron chi connectivity index (χ2n) is 14.4. The third-order valence-electron chi connectivity index (χ3n) is 10.0. The van der Waals surface area contributed by atoms with Crippen molar-refractivity contribution in [2.75, 3.05) is 0 Å². The molecule has 5 rings (SSSR count). The van der Waals surface area contributed by atoms with Gasteiger partial charge in [0, 0.05) is 48.9 Å². The zero-order valence-electron chi connectivity index (χ0n) is 30.0. The van der Waals surface area contributed by atoms with Crippen LogP contribution in [-0.4, -0.2) is 33.3 Å². The molecule has 0 aliphatic heterocycles. The van der Waals surface area contributed by atoms with Crippen molar-refractivity contribution in [3.8, 4) is 11.3 Å². The Labute approximate surface area is 300 Å². The molecule has 0 fully saturated rings. The number of hydrogen-bond donors (Lipinski definition) is 1. The number of carbonyl (C=O) groups excluding carboxylic acids is 1. The second kappa shape index (κ2) is 15.3. The molecular formula is C39H52IrN3O2SSi-. The molecule has 0 atom stereocenters. The monoisotopic (exact) mass is 847 g/mol.